The normalized spacial score (nSPS) is 17.1. The van der Waals surface area contributed by atoms with Crippen molar-refractivity contribution in [1.82, 2.24) is 14.7 Å². The fourth-order valence-electron chi connectivity index (χ4n) is 3.16. The molecule has 1 aliphatic heterocycles. The topological polar surface area (TPSA) is 71.2 Å². The van der Waals surface area contributed by atoms with Crippen molar-refractivity contribution in [3.63, 3.8) is 0 Å². The van der Waals surface area contributed by atoms with Crippen LogP contribution in [0.15, 0.2) is 36.7 Å². The molecule has 1 aromatic carbocycles. The van der Waals surface area contributed by atoms with E-state index in [4.69, 9.17) is 10.00 Å². The molecule has 130 valence electrons. The van der Waals surface area contributed by atoms with Crippen molar-refractivity contribution in [2.24, 2.45) is 0 Å². The minimum atomic E-state index is -0.00191. The van der Waals surface area contributed by atoms with E-state index in [1.807, 2.05) is 28.9 Å². The third-order valence-corrected chi connectivity index (χ3v) is 4.45. The van der Waals surface area contributed by atoms with E-state index in [2.05, 4.69) is 11.2 Å². The first kappa shape index (κ1) is 17.0. The molecular weight excluding hydrogens is 316 g/mol. The van der Waals surface area contributed by atoms with Crippen molar-refractivity contribution in [3.8, 4) is 11.8 Å². The molecule has 0 radical (unpaired) electrons. The van der Waals surface area contributed by atoms with Crippen molar-refractivity contribution in [2.45, 2.75) is 38.8 Å². The van der Waals surface area contributed by atoms with Crippen molar-refractivity contribution < 1.29 is 9.53 Å². The molecule has 2 heterocycles. The number of carbonyl (C=O) groups excluding carboxylic acids is 1. The van der Waals surface area contributed by atoms with Crippen LogP contribution in [-0.2, 0) is 11.3 Å². The molecule has 25 heavy (non-hydrogen) atoms. The summed E-state index contributed by atoms with van der Waals surface area (Å²) in [6.45, 7) is 3.51. The van der Waals surface area contributed by atoms with Crippen LogP contribution in [0, 0.1) is 18.3 Å². The summed E-state index contributed by atoms with van der Waals surface area (Å²) in [7, 11) is 0. The van der Waals surface area contributed by atoms with E-state index < -0.39 is 0 Å². The van der Waals surface area contributed by atoms with Gasteiger partial charge in [-0.15, -0.1) is 0 Å². The average molecular weight is 338 g/mol. The van der Waals surface area contributed by atoms with Gasteiger partial charge >= 0.3 is 0 Å². The molecular formula is C19H22N4O2. The highest BCUT2D eigenvalue weighted by Gasteiger charge is 2.27. The zero-order valence-electron chi connectivity index (χ0n) is 14.4. The first-order valence-corrected chi connectivity index (χ1v) is 8.57. The quantitative estimate of drug-likeness (QED) is 0.840. The molecule has 1 atom stereocenters. The van der Waals surface area contributed by atoms with Gasteiger partial charge in [0, 0.05) is 12.7 Å². The maximum absolute atomic E-state index is 12.6. The zero-order chi connectivity index (χ0) is 17.6. The molecule has 0 aliphatic carbocycles. The Hall–Kier alpha value is -2.81. The monoisotopic (exact) mass is 338 g/mol. The van der Waals surface area contributed by atoms with Gasteiger partial charge in [0.05, 0.1) is 30.4 Å². The maximum atomic E-state index is 12.6. The van der Waals surface area contributed by atoms with E-state index >= 15 is 0 Å². The lowest BCUT2D eigenvalue weighted by Gasteiger charge is -2.35. The summed E-state index contributed by atoms with van der Waals surface area (Å²) in [5.74, 6) is 0.599. The molecule has 3 rings (SSSR count). The molecule has 1 aromatic heterocycles. The number of nitriles is 1. The Kier molecular flexibility index (Phi) is 5.34. The molecule has 1 amide bonds. The fourth-order valence-corrected chi connectivity index (χ4v) is 3.16. The summed E-state index contributed by atoms with van der Waals surface area (Å²) >= 11 is 0. The molecule has 1 saturated heterocycles. The highest BCUT2D eigenvalue weighted by Crippen LogP contribution is 2.19. The molecule has 1 aliphatic rings. The van der Waals surface area contributed by atoms with Crippen LogP contribution in [0.4, 0.5) is 0 Å². The van der Waals surface area contributed by atoms with E-state index in [-0.39, 0.29) is 18.6 Å². The van der Waals surface area contributed by atoms with Gasteiger partial charge in [-0.1, -0.05) is 0 Å². The van der Waals surface area contributed by atoms with Gasteiger partial charge in [-0.2, -0.15) is 10.4 Å². The summed E-state index contributed by atoms with van der Waals surface area (Å²) in [5.41, 5.74) is 1.70. The van der Waals surface area contributed by atoms with Crippen molar-refractivity contribution in [2.75, 3.05) is 13.2 Å². The molecule has 6 nitrogen and oxygen atoms in total. The van der Waals surface area contributed by atoms with Crippen molar-refractivity contribution in [3.05, 3.63) is 47.8 Å². The van der Waals surface area contributed by atoms with Crippen LogP contribution >= 0.6 is 0 Å². The van der Waals surface area contributed by atoms with Crippen LogP contribution in [0.5, 0.6) is 5.75 Å². The molecule has 2 aromatic rings. The predicted octanol–water partition coefficient (Wildman–Crippen LogP) is 2.52. The number of piperidine rings is 1. The number of hydrogen-bond acceptors (Lipinski definition) is 4. The van der Waals surface area contributed by atoms with Crippen LogP contribution in [0.25, 0.3) is 0 Å². The van der Waals surface area contributed by atoms with Crippen LogP contribution in [0.3, 0.4) is 0 Å². The molecule has 0 bridgehead atoms. The molecule has 0 N–H and O–H groups in total. The Labute approximate surface area is 147 Å². The van der Waals surface area contributed by atoms with Gasteiger partial charge in [-0.25, -0.2) is 0 Å². The number of carbonyl (C=O) groups is 1. The molecule has 6 heteroatoms. The highest BCUT2D eigenvalue weighted by atomic mass is 16.5. The second kappa shape index (κ2) is 7.84. The van der Waals surface area contributed by atoms with Crippen LogP contribution in [0.1, 0.15) is 30.4 Å². The average Bonchev–Trinajstić information content (AvgIpc) is 3.05. The van der Waals surface area contributed by atoms with E-state index in [1.165, 1.54) is 0 Å². The van der Waals surface area contributed by atoms with Gasteiger partial charge in [0.2, 0.25) is 0 Å². The summed E-state index contributed by atoms with van der Waals surface area (Å²) in [4.78, 5) is 14.5. The SMILES string of the molecule is Cc1cnn(CC2CCCCN2C(=O)COc2ccc(C#N)cc2)c1. The number of benzene rings is 1. The summed E-state index contributed by atoms with van der Waals surface area (Å²) < 4.78 is 7.51. The lowest BCUT2D eigenvalue weighted by Crippen LogP contribution is -2.47. The smallest absolute Gasteiger partial charge is 0.260 e. The molecule has 0 saturated carbocycles. The van der Waals surface area contributed by atoms with Gasteiger partial charge in [-0.05, 0) is 56.0 Å². The van der Waals surface area contributed by atoms with Gasteiger partial charge < -0.3 is 9.64 Å². The van der Waals surface area contributed by atoms with Gasteiger partial charge in [-0.3, -0.25) is 9.48 Å². The standard InChI is InChI=1S/C19H22N4O2/c1-15-11-21-22(12-15)13-17-4-2-3-9-23(17)19(24)14-25-18-7-5-16(10-20)6-8-18/h5-8,11-12,17H,2-4,9,13-14H2,1H3. The third kappa shape index (κ3) is 4.38. The van der Waals surface area contributed by atoms with Gasteiger partial charge in [0.15, 0.2) is 6.61 Å². The fraction of sp³-hybridized carbons (Fsp3) is 0.421. The summed E-state index contributed by atoms with van der Waals surface area (Å²) in [6.07, 6.45) is 6.98. The van der Waals surface area contributed by atoms with E-state index in [0.717, 1.165) is 37.9 Å². The molecule has 1 fully saturated rings. The second-order valence-electron chi connectivity index (χ2n) is 6.40. The minimum absolute atomic E-state index is 0.00191. The Morgan fingerprint density at radius 2 is 2.16 bits per heavy atom. The lowest BCUT2D eigenvalue weighted by molar-refractivity contribution is -0.137. The number of ether oxygens (including phenoxy) is 1. The first-order chi connectivity index (χ1) is 12.2. The Bertz CT molecular complexity index is 760. The summed E-state index contributed by atoms with van der Waals surface area (Å²) in [5, 5.41) is 13.1. The number of aryl methyl sites for hydroxylation is 1. The highest BCUT2D eigenvalue weighted by molar-refractivity contribution is 5.78. The van der Waals surface area contributed by atoms with E-state index in [9.17, 15) is 4.79 Å². The zero-order valence-corrected chi connectivity index (χ0v) is 14.4. The Morgan fingerprint density at radius 1 is 1.36 bits per heavy atom. The van der Waals surface area contributed by atoms with Crippen molar-refractivity contribution >= 4 is 5.91 Å². The lowest BCUT2D eigenvalue weighted by atomic mass is 10.0. The van der Waals surface area contributed by atoms with Gasteiger partial charge in [0.1, 0.15) is 5.75 Å². The number of amides is 1. The molecule has 1 unspecified atom stereocenters. The number of aromatic nitrogens is 2. The van der Waals surface area contributed by atoms with Crippen LogP contribution in [-0.4, -0.2) is 39.8 Å². The van der Waals surface area contributed by atoms with Crippen LogP contribution < -0.4 is 4.74 Å². The number of nitrogens with zero attached hydrogens (tertiary/aromatic N) is 4. The number of likely N-dealkylation sites (tertiary alicyclic amines) is 1. The van der Waals surface area contributed by atoms with E-state index in [1.54, 1.807) is 24.3 Å². The molecule has 0 spiro atoms. The first-order valence-electron chi connectivity index (χ1n) is 8.57. The largest absolute Gasteiger partial charge is 0.484 e. The van der Waals surface area contributed by atoms with Crippen molar-refractivity contribution in [1.29, 1.82) is 5.26 Å². The van der Waals surface area contributed by atoms with Gasteiger partial charge in [0.25, 0.3) is 5.91 Å². The summed E-state index contributed by atoms with van der Waals surface area (Å²) in [6, 6.07) is 9.02. The predicted molar refractivity (Wildman–Crippen MR) is 93.0 cm³/mol. The third-order valence-electron chi connectivity index (χ3n) is 4.45. The maximum Gasteiger partial charge on any atom is 0.260 e. The minimum Gasteiger partial charge on any atom is -0.484 e. The second-order valence-corrected chi connectivity index (χ2v) is 6.40. The number of rotatable bonds is 5. The Morgan fingerprint density at radius 3 is 2.84 bits per heavy atom. The number of hydrogen-bond donors (Lipinski definition) is 0. The van der Waals surface area contributed by atoms with Crippen LogP contribution in [0.2, 0.25) is 0 Å². The Balaban J connectivity index is 1.59. The van der Waals surface area contributed by atoms with E-state index in [0.29, 0.717) is 11.3 Å².